The van der Waals surface area contributed by atoms with Gasteiger partial charge in [0, 0.05) is 11.4 Å². The van der Waals surface area contributed by atoms with Crippen molar-refractivity contribution in [1.29, 1.82) is 0 Å². The minimum absolute atomic E-state index is 0.897. The first-order valence-electron chi connectivity index (χ1n) is 8.89. The fourth-order valence-electron chi connectivity index (χ4n) is 2.79. The van der Waals surface area contributed by atoms with E-state index in [4.69, 9.17) is 0 Å². The topological polar surface area (TPSA) is 12.0 Å². The van der Waals surface area contributed by atoms with E-state index in [2.05, 4.69) is 69.1 Å². The third kappa shape index (κ3) is 5.42. The van der Waals surface area contributed by atoms with Gasteiger partial charge in [-0.1, -0.05) is 68.8 Å². The van der Waals surface area contributed by atoms with Crippen molar-refractivity contribution in [1.82, 2.24) is 0 Å². The highest BCUT2D eigenvalue weighted by Crippen LogP contribution is 2.18. The lowest BCUT2D eigenvalue weighted by atomic mass is 10.00. The van der Waals surface area contributed by atoms with Crippen molar-refractivity contribution < 1.29 is 0 Å². The number of hydrogen-bond donors (Lipinski definition) is 1. The second-order valence-corrected chi connectivity index (χ2v) is 6.44. The van der Waals surface area contributed by atoms with Crippen LogP contribution in [-0.4, -0.2) is 0 Å². The van der Waals surface area contributed by atoms with E-state index in [9.17, 15) is 0 Å². The predicted molar refractivity (Wildman–Crippen MR) is 107 cm³/mol. The minimum Gasteiger partial charge on any atom is -0.356 e. The van der Waals surface area contributed by atoms with Gasteiger partial charge in [-0.2, -0.15) is 0 Å². The molecule has 0 heterocycles. The normalized spacial score (nSPS) is 11.0. The van der Waals surface area contributed by atoms with Crippen LogP contribution in [0.25, 0.3) is 6.08 Å². The van der Waals surface area contributed by atoms with Gasteiger partial charge in [0.15, 0.2) is 0 Å². The van der Waals surface area contributed by atoms with Crippen LogP contribution in [0.1, 0.15) is 48.4 Å². The van der Waals surface area contributed by atoms with Gasteiger partial charge < -0.3 is 5.32 Å². The first-order valence-corrected chi connectivity index (χ1v) is 8.89. The van der Waals surface area contributed by atoms with E-state index < -0.39 is 0 Å². The zero-order valence-electron chi connectivity index (χ0n) is 15.2. The number of nitrogens with one attached hydrogen (secondary N) is 1. The standard InChI is InChI=1S/C23H29N/c1-5-6-7-11-22-16-15-21(17-19(22)3)14-13-20(4)24-23-12-9-8-10-18(23)2/h8-10,12-17,24H,4-7,11H2,1-3H3/b14-13+. The molecule has 0 aliphatic rings. The lowest BCUT2D eigenvalue weighted by Crippen LogP contribution is -1.97. The van der Waals surface area contributed by atoms with Gasteiger partial charge in [-0.05, 0) is 61.1 Å². The van der Waals surface area contributed by atoms with E-state index in [1.807, 2.05) is 18.2 Å². The van der Waals surface area contributed by atoms with E-state index >= 15 is 0 Å². The molecular formula is C23H29N. The Morgan fingerprint density at radius 1 is 1.04 bits per heavy atom. The molecule has 126 valence electrons. The number of rotatable bonds is 8. The molecule has 0 aliphatic carbocycles. The molecule has 0 saturated heterocycles. The molecule has 0 amide bonds. The Labute approximate surface area is 147 Å². The Balaban J connectivity index is 1.97. The van der Waals surface area contributed by atoms with Crippen molar-refractivity contribution in [2.24, 2.45) is 0 Å². The smallest absolute Gasteiger partial charge is 0.0413 e. The number of aryl methyl sites for hydroxylation is 3. The second-order valence-electron chi connectivity index (χ2n) is 6.44. The molecule has 2 aromatic carbocycles. The first-order chi connectivity index (χ1) is 11.6. The number of hydrogen-bond acceptors (Lipinski definition) is 1. The highest BCUT2D eigenvalue weighted by Gasteiger charge is 2.00. The van der Waals surface area contributed by atoms with Crippen molar-refractivity contribution in [3.05, 3.63) is 83.1 Å². The van der Waals surface area contributed by atoms with Gasteiger partial charge in [0.25, 0.3) is 0 Å². The number of para-hydroxylation sites is 1. The predicted octanol–water partition coefficient (Wildman–Crippen LogP) is 6.68. The lowest BCUT2D eigenvalue weighted by molar-refractivity contribution is 0.715. The van der Waals surface area contributed by atoms with E-state index in [1.165, 1.54) is 47.9 Å². The number of allylic oxidation sites excluding steroid dienone is 1. The summed E-state index contributed by atoms with van der Waals surface area (Å²) < 4.78 is 0. The number of unbranched alkanes of at least 4 members (excludes halogenated alkanes) is 2. The Bertz CT molecular complexity index is 710. The van der Waals surface area contributed by atoms with Crippen LogP contribution in [-0.2, 0) is 6.42 Å². The molecule has 24 heavy (non-hydrogen) atoms. The molecule has 2 rings (SSSR count). The molecule has 2 aromatic rings. The Morgan fingerprint density at radius 2 is 1.83 bits per heavy atom. The van der Waals surface area contributed by atoms with Crippen LogP contribution in [0.15, 0.2) is 60.8 Å². The van der Waals surface area contributed by atoms with Gasteiger partial charge in [-0.3, -0.25) is 0 Å². The van der Waals surface area contributed by atoms with Gasteiger partial charge >= 0.3 is 0 Å². The Hall–Kier alpha value is -2.28. The van der Waals surface area contributed by atoms with Gasteiger partial charge in [0.05, 0.1) is 0 Å². The van der Waals surface area contributed by atoms with Crippen molar-refractivity contribution in [3.8, 4) is 0 Å². The molecule has 0 fully saturated rings. The summed E-state index contributed by atoms with van der Waals surface area (Å²) in [6.45, 7) is 10.7. The molecule has 0 unspecified atom stereocenters. The number of benzene rings is 2. The molecule has 0 atom stereocenters. The van der Waals surface area contributed by atoms with Crippen molar-refractivity contribution >= 4 is 11.8 Å². The zero-order chi connectivity index (χ0) is 17.4. The first kappa shape index (κ1) is 18.1. The molecule has 0 saturated carbocycles. The van der Waals surface area contributed by atoms with Crippen molar-refractivity contribution in [3.63, 3.8) is 0 Å². The van der Waals surface area contributed by atoms with Crippen LogP contribution in [0.5, 0.6) is 0 Å². The van der Waals surface area contributed by atoms with Crippen LogP contribution < -0.4 is 5.32 Å². The van der Waals surface area contributed by atoms with Crippen LogP contribution in [0.2, 0.25) is 0 Å². The van der Waals surface area contributed by atoms with Crippen molar-refractivity contribution in [2.45, 2.75) is 46.5 Å². The summed E-state index contributed by atoms with van der Waals surface area (Å²) in [5.74, 6) is 0. The highest BCUT2D eigenvalue weighted by molar-refractivity contribution is 5.60. The molecule has 0 radical (unpaired) electrons. The maximum absolute atomic E-state index is 4.10. The molecule has 0 aromatic heterocycles. The third-order valence-corrected chi connectivity index (χ3v) is 4.33. The third-order valence-electron chi connectivity index (χ3n) is 4.33. The average molecular weight is 319 g/mol. The Kier molecular flexibility index (Phi) is 6.87. The summed E-state index contributed by atoms with van der Waals surface area (Å²) in [6, 6.07) is 15.0. The molecule has 1 N–H and O–H groups in total. The average Bonchev–Trinajstić information content (AvgIpc) is 2.57. The van der Waals surface area contributed by atoms with Crippen LogP contribution >= 0.6 is 0 Å². The fourth-order valence-corrected chi connectivity index (χ4v) is 2.79. The lowest BCUT2D eigenvalue weighted by Gasteiger charge is -2.09. The minimum atomic E-state index is 0.897. The quantitative estimate of drug-likeness (QED) is 0.423. The summed E-state index contributed by atoms with van der Waals surface area (Å²) in [4.78, 5) is 0. The maximum atomic E-state index is 4.10. The molecule has 0 bridgehead atoms. The number of anilines is 1. The van der Waals surface area contributed by atoms with Gasteiger partial charge in [-0.15, -0.1) is 0 Å². The Morgan fingerprint density at radius 3 is 2.54 bits per heavy atom. The van der Waals surface area contributed by atoms with E-state index in [1.54, 1.807) is 0 Å². The van der Waals surface area contributed by atoms with E-state index in [0.717, 1.165) is 11.4 Å². The van der Waals surface area contributed by atoms with Crippen LogP contribution in [0.4, 0.5) is 5.69 Å². The van der Waals surface area contributed by atoms with Crippen LogP contribution in [0.3, 0.4) is 0 Å². The largest absolute Gasteiger partial charge is 0.356 e. The fraction of sp³-hybridized carbons (Fsp3) is 0.304. The van der Waals surface area contributed by atoms with E-state index in [-0.39, 0.29) is 0 Å². The summed E-state index contributed by atoms with van der Waals surface area (Å²) in [5, 5.41) is 3.36. The summed E-state index contributed by atoms with van der Waals surface area (Å²) in [6.07, 6.45) is 9.21. The monoisotopic (exact) mass is 319 g/mol. The van der Waals surface area contributed by atoms with Crippen LogP contribution in [0, 0.1) is 13.8 Å². The van der Waals surface area contributed by atoms with E-state index in [0.29, 0.717) is 0 Å². The molecule has 0 spiro atoms. The summed E-state index contributed by atoms with van der Waals surface area (Å²) in [7, 11) is 0. The van der Waals surface area contributed by atoms with Gasteiger partial charge in [-0.25, -0.2) is 0 Å². The molecule has 0 aliphatic heterocycles. The maximum Gasteiger partial charge on any atom is 0.0413 e. The molecular weight excluding hydrogens is 290 g/mol. The molecule has 1 heteroatoms. The molecule has 1 nitrogen and oxygen atoms in total. The SMILES string of the molecule is C=C(/C=C/c1ccc(CCCCC)c(C)c1)Nc1ccccc1C. The van der Waals surface area contributed by atoms with Gasteiger partial charge in [0.1, 0.15) is 0 Å². The highest BCUT2D eigenvalue weighted by atomic mass is 14.9. The van der Waals surface area contributed by atoms with Gasteiger partial charge in [0.2, 0.25) is 0 Å². The summed E-state index contributed by atoms with van der Waals surface area (Å²) >= 11 is 0. The summed E-state index contributed by atoms with van der Waals surface area (Å²) in [5.41, 5.74) is 7.30. The van der Waals surface area contributed by atoms with Crippen molar-refractivity contribution in [2.75, 3.05) is 5.32 Å². The second kappa shape index (κ2) is 9.12. The zero-order valence-corrected chi connectivity index (χ0v) is 15.2.